The van der Waals surface area contributed by atoms with Crippen LogP contribution < -0.4 is 11.1 Å². The van der Waals surface area contributed by atoms with E-state index in [1.165, 1.54) is 6.20 Å². The molecule has 1 amide bonds. The molecule has 5 heteroatoms. The van der Waals surface area contributed by atoms with Crippen LogP contribution in [0.15, 0.2) is 36.7 Å². The summed E-state index contributed by atoms with van der Waals surface area (Å²) >= 11 is 0. The van der Waals surface area contributed by atoms with Gasteiger partial charge in [-0.15, -0.1) is 0 Å². The Morgan fingerprint density at radius 3 is 2.88 bits per heavy atom. The van der Waals surface area contributed by atoms with Crippen molar-refractivity contribution in [3.8, 4) is 0 Å². The molecule has 2 aromatic heterocycles. The van der Waals surface area contributed by atoms with Gasteiger partial charge in [0, 0.05) is 18.9 Å². The lowest BCUT2D eigenvalue weighted by molar-refractivity contribution is 0.0945. The maximum Gasteiger partial charge on any atom is 0.270 e. The number of nitrogens with zero attached hydrogens (tertiary/aromatic N) is 2. The molecule has 0 aromatic carbocycles. The maximum atomic E-state index is 11.7. The number of aryl methyl sites for hydroxylation is 1. The van der Waals surface area contributed by atoms with E-state index in [0.29, 0.717) is 17.9 Å². The molecule has 0 saturated heterocycles. The van der Waals surface area contributed by atoms with Crippen molar-refractivity contribution in [3.05, 3.63) is 48.0 Å². The Bertz CT molecular complexity index is 516. The number of hydrogen-bond donors (Lipinski definition) is 2. The second kappa shape index (κ2) is 4.69. The van der Waals surface area contributed by atoms with E-state index in [1.54, 1.807) is 12.1 Å². The standard InChI is InChI=1S/C12H14N4O/c1-16-6-2-3-10(16)8-15-12(17)11-5-4-9(13)7-14-11/h2-7H,8,13H2,1H3,(H,15,17). The minimum Gasteiger partial charge on any atom is -0.397 e. The van der Waals surface area contributed by atoms with Crippen molar-refractivity contribution in [1.82, 2.24) is 14.9 Å². The van der Waals surface area contributed by atoms with E-state index in [2.05, 4.69) is 10.3 Å². The highest BCUT2D eigenvalue weighted by Crippen LogP contribution is 2.02. The lowest BCUT2D eigenvalue weighted by atomic mass is 10.3. The van der Waals surface area contributed by atoms with E-state index < -0.39 is 0 Å². The molecule has 2 rings (SSSR count). The van der Waals surface area contributed by atoms with Crippen LogP contribution in [0.1, 0.15) is 16.2 Å². The number of rotatable bonds is 3. The summed E-state index contributed by atoms with van der Waals surface area (Å²) in [6.45, 7) is 0.481. The average molecular weight is 230 g/mol. The lowest BCUT2D eigenvalue weighted by Crippen LogP contribution is -2.24. The molecule has 3 N–H and O–H groups in total. The molecule has 17 heavy (non-hydrogen) atoms. The Morgan fingerprint density at radius 2 is 2.29 bits per heavy atom. The first-order chi connectivity index (χ1) is 8.16. The van der Waals surface area contributed by atoms with Crippen LogP contribution in [0.3, 0.4) is 0 Å². The Hall–Kier alpha value is -2.30. The van der Waals surface area contributed by atoms with Gasteiger partial charge in [-0.25, -0.2) is 4.98 Å². The van der Waals surface area contributed by atoms with Gasteiger partial charge in [0.25, 0.3) is 5.91 Å². The lowest BCUT2D eigenvalue weighted by Gasteiger charge is -2.06. The van der Waals surface area contributed by atoms with Crippen molar-refractivity contribution in [3.63, 3.8) is 0 Å². The fraction of sp³-hybridized carbons (Fsp3) is 0.167. The Labute approximate surface area is 99.3 Å². The molecule has 2 aromatic rings. The smallest absolute Gasteiger partial charge is 0.270 e. The highest BCUT2D eigenvalue weighted by molar-refractivity contribution is 5.92. The van der Waals surface area contributed by atoms with Gasteiger partial charge < -0.3 is 15.6 Å². The highest BCUT2D eigenvalue weighted by atomic mass is 16.1. The molecule has 0 aliphatic rings. The van der Waals surface area contributed by atoms with Crippen LogP contribution in [0.5, 0.6) is 0 Å². The van der Waals surface area contributed by atoms with Gasteiger partial charge in [-0.05, 0) is 24.3 Å². The first-order valence-corrected chi connectivity index (χ1v) is 5.27. The number of pyridine rings is 1. The summed E-state index contributed by atoms with van der Waals surface area (Å²) in [6.07, 6.45) is 3.40. The molecule has 0 spiro atoms. The molecule has 0 atom stereocenters. The molecule has 5 nitrogen and oxygen atoms in total. The van der Waals surface area contributed by atoms with Crippen LogP contribution in [0.4, 0.5) is 5.69 Å². The van der Waals surface area contributed by atoms with Crippen molar-refractivity contribution >= 4 is 11.6 Å². The molecule has 2 heterocycles. The number of hydrogen-bond acceptors (Lipinski definition) is 3. The van der Waals surface area contributed by atoms with Crippen LogP contribution in [0.25, 0.3) is 0 Å². The maximum absolute atomic E-state index is 11.7. The summed E-state index contributed by atoms with van der Waals surface area (Å²) < 4.78 is 1.96. The summed E-state index contributed by atoms with van der Waals surface area (Å²) in [4.78, 5) is 15.7. The number of amides is 1. The minimum atomic E-state index is -0.203. The second-order valence-corrected chi connectivity index (χ2v) is 3.77. The Kier molecular flexibility index (Phi) is 3.09. The van der Waals surface area contributed by atoms with Crippen molar-refractivity contribution in [2.75, 3.05) is 5.73 Å². The number of nitrogens with two attached hydrogens (primary N) is 1. The van der Waals surface area contributed by atoms with E-state index in [1.807, 2.05) is 29.9 Å². The quantitative estimate of drug-likeness (QED) is 0.824. The number of carbonyl (C=O) groups excluding carboxylic acids is 1. The van der Waals surface area contributed by atoms with Crippen molar-refractivity contribution in [2.45, 2.75) is 6.54 Å². The third-order valence-electron chi connectivity index (χ3n) is 2.50. The Morgan fingerprint density at radius 1 is 1.47 bits per heavy atom. The van der Waals surface area contributed by atoms with Crippen LogP contribution in [-0.4, -0.2) is 15.5 Å². The van der Waals surface area contributed by atoms with E-state index in [4.69, 9.17) is 5.73 Å². The Balaban J connectivity index is 1.98. The van der Waals surface area contributed by atoms with Crippen LogP contribution in [-0.2, 0) is 13.6 Å². The number of carbonyl (C=O) groups is 1. The molecule has 0 unspecified atom stereocenters. The number of nitrogens with one attached hydrogen (secondary N) is 1. The first kappa shape index (κ1) is 11.2. The normalized spacial score (nSPS) is 10.2. The van der Waals surface area contributed by atoms with Crippen molar-refractivity contribution < 1.29 is 4.79 Å². The molecular formula is C12H14N4O. The summed E-state index contributed by atoms with van der Waals surface area (Å²) in [5, 5.41) is 2.80. The predicted octanol–water partition coefficient (Wildman–Crippen LogP) is 0.932. The first-order valence-electron chi connectivity index (χ1n) is 5.27. The van der Waals surface area contributed by atoms with Gasteiger partial charge in [0.15, 0.2) is 0 Å². The average Bonchev–Trinajstić information content (AvgIpc) is 2.73. The third-order valence-corrected chi connectivity index (χ3v) is 2.50. The van der Waals surface area contributed by atoms with Gasteiger partial charge in [0.2, 0.25) is 0 Å². The molecule has 0 aliphatic heterocycles. The summed E-state index contributed by atoms with van der Waals surface area (Å²) in [5.41, 5.74) is 7.45. The highest BCUT2D eigenvalue weighted by Gasteiger charge is 2.06. The zero-order valence-electron chi connectivity index (χ0n) is 9.55. The molecule has 0 saturated carbocycles. The van der Waals surface area contributed by atoms with Crippen LogP contribution in [0, 0.1) is 0 Å². The zero-order valence-corrected chi connectivity index (χ0v) is 9.55. The number of nitrogen functional groups attached to an aromatic ring is 1. The third kappa shape index (κ3) is 2.63. The SMILES string of the molecule is Cn1cccc1CNC(=O)c1ccc(N)cn1. The van der Waals surface area contributed by atoms with Crippen LogP contribution in [0.2, 0.25) is 0 Å². The van der Waals surface area contributed by atoms with Crippen LogP contribution >= 0.6 is 0 Å². The second-order valence-electron chi connectivity index (χ2n) is 3.77. The molecule has 0 fully saturated rings. The van der Waals surface area contributed by atoms with Gasteiger partial charge >= 0.3 is 0 Å². The van der Waals surface area contributed by atoms with Gasteiger partial charge in [-0.2, -0.15) is 0 Å². The summed E-state index contributed by atoms with van der Waals surface area (Å²) in [7, 11) is 1.93. The van der Waals surface area contributed by atoms with E-state index in [-0.39, 0.29) is 5.91 Å². The van der Waals surface area contributed by atoms with Gasteiger partial charge in [-0.1, -0.05) is 0 Å². The van der Waals surface area contributed by atoms with Gasteiger partial charge in [0.05, 0.1) is 18.4 Å². The van der Waals surface area contributed by atoms with Gasteiger partial charge in [-0.3, -0.25) is 4.79 Å². The van der Waals surface area contributed by atoms with E-state index in [9.17, 15) is 4.79 Å². The summed E-state index contributed by atoms with van der Waals surface area (Å²) in [5.74, 6) is -0.203. The zero-order chi connectivity index (χ0) is 12.3. The fourth-order valence-corrected chi connectivity index (χ4v) is 1.48. The monoisotopic (exact) mass is 230 g/mol. The number of aromatic nitrogens is 2. The van der Waals surface area contributed by atoms with E-state index >= 15 is 0 Å². The topological polar surface area (TPSA) is 72.9 Å². The number of anilines is 1. The van der Waals surface area contributed by atoms with Crippen molar-refractivity contribution in [2.24, 2.45) is 7.05 Å². The predicted molar refractivity (Wildman–Crippen MR) is 65.2 cm³/mol. The minimum absolute atomic E-state index is 0.203. The fourth-order valence-electron chi connectivity index (χ4n) is 1.48. The largest absolute Gasteiger partial charge is 0.397 e. The van der Waals surface area contributed by atoms with Crippen molar-refractivity contribution in [1.29, 1.82) is 0 Å². The van der Waals surface area contributed by atoms with Gasteiger partial charge in [0.1, 0.15) is 5.69 Å². The molecule has 0 bridgehead atoms. The molecule has 0 aliphatic carbocycles. The summed E-state index contributed by atoms with van der Waals surface area (Å²) in [6, 6.07) is 7.15. The molecular weight excluding hydrogens is 216 g/mol. The molecule has 0 radical (unpaired) electrons. The van der Waals surface area contributed by atoms with E-state index in [0.717, 1.165) is 5.69 Å². The molecule has 88 valence electrons.